The van der Waals surface area contributed by atoms with Crippen molar-refractivity contribution in [3.8, 4) is 21.5 Å². The molecule has 0 fully saturated rings. The van der Waals surface area contributed by atoms with Crippen LogP contribution in [0.25, 0.3) is 16.1 Å². The standard InChI is InChI=1S/C21H17Cl2NO5S/c1-27-11-16(20(25)26)14-6-4-3-5-12(14)10-29-18-21(28-2)30-19(24-18)15-8-7-13(22)9-17(15)23/h3-9,11H,10H2,1-2H3,(H,25,26)/b16-11+. The molecule has 0 unspecified atom stereocenters. The minimum Gasteiger partial charge on any atom is -0.503 e. The highest BCUT2D eigenvalue weighted by molar-refractivity contribution is 7.17. The van der Waals surface area contributed by atoms with Crippen molar-refractivity contribution in [2.75, 3.05) is 14.2 Å². The van der Waals surface area contributed by atoms with Gasteiger partial charge in [-0.05, 0) is 29.3 Å². The second-order valence-corrected chi connectivity index (χ2v) is 7.76. The quantitative estimate of drug-likeness (QED) is 0.335. The number of methoxy groups -OCH3 is 2. The van der Waals surface area contributed by atoms with Crippen LogP contribution in [0.15, 0.2) is 48.7 Å². The number of carboxylic acid groups (broad SMARTS) is 1. The minimum atomic E-state index is -1.10. The number of nitrogens with zero attached hydrogens (tertiary/aromatic N) is 1. The molecule has 0 saturated heterocycles. The number of thiazole rings is 1. The fraction of sp³-hybridized carbons (Fsp3) is 0.143. The third-order valence-corrected chi connectivity index (χ3v) is 5.63. The van der Waals surface area contributed by atoms with Crippen LogP contribution in [0.5, 0.6) is 10.9 Å². The Bertz CT molecular complexity index is 1100. The number of benzene rings is 2. The zero-order valence-electron chi connectivity index (χ0n) is 16.0. The van der Waals surface area contributed by atoms with E-state index in [0.29, 0.717) is 36.8 Å². The summed E-state index contributed by atoms with van der Waals surface area (Å²) in [4.78, 5) is 16.1. The van der Waals surface area contributed by atoms with Gasteiger partial charge in [0, 0.05) is 10.6 Å². The van der Waals surface area contributed by atoms with Crippen LogP contribution in [-0.4, -0.2) is 30.3 Å². The number of hydrogen-bond donors (Lipinski definition) is 1. The molecule has 0 aliphatic carbocycles. The molecule has 0 atom stereocenters. The molecule has 0 saturated carbocycles. The van der Waals surface area contributed by atoms with Crippen LogP contribution < -0.4 is 9.47 Å². The molecule has 3 aromatic rings. The molecule has 0 bridgehead atoms. The fourth-order valence-corrected chi connectivity index (χ4v) is 4.11. The molecule has 1 N–H and O–H groups in total. The lowest BCUT2D eigenvalue weighted by atomic mass is 10.0. The Morgan fingerprint density at radius 3 is 2.63 bits per heavy atom. The summed E-state index contributed by atoms with van der Waals surface area (Å²) >= 11 is 13.5. The maximum atomic E-state index is 11.6. The number of aromatic nitrogens is 1. The maximum Gasteiger partial charge on any atom is 0.339 e. The van der Waals surface area contributed by atoms with E-state index in [2.05, 4.69) is 4.98 Å². The predicted octanol–water partition coefficient (Wildman–Crippen LogP) is 5.78. The van der Waals surface area contributed by atoms with Gasteiger partial charge in [0.1, 0.15) is 17.2 Å². The van der Waals surface area contributed by atoms with Gasteiger partial charge >= 0.3 is 5.97 Å². The molecule has 3 rings (SSSR count). The third kappa shape index (κ3) is 4.87. The minimum absolute atomic E-state index is 0.0237. The van der Waals surface area contributed by atoms with E-state index < -0.39 is 5.97 Å². The number of carbonyl (C=O) groups is 1. The average Bonchev–Trinajstić information content (AvgIpc) is 3.13. The Labute approximate surface area is 187 Å². The first-order chi connectivity index (χ1) is 14.4. The van der Waals surface area contributed by atoms with Crippen LogP contribution in [0, 0.1) is 0 Å². The summed E-state index contributed by atoms with van der Waals surface area (Å²) in [5.41, 5.74) is 1.87. The number of ether oxygens (including phenoxy) is 3. The zero-order valence-corrected chi connectivity index (χ0v) is 18.3. The number of halogens is 2. The van der Waals surface area contributed by atoms with Gasteiger partial charge in [-0.2, -0.15) is 4.98 Å². The van der Waals surface area contributed by atoms with Crippen molar-refractivity contribution in [2.45, 2.75) is 6.61 Å². The molecular formula is C21H17Cl2NO5S. The topological polar surface area (TPSA) is 77.9 Å². The highest BCUT2D eigenvalue weighted by Crippen LogP contribution is 2.41. The van der Waals surface area contributed by atoms with Crippen LogP contribution in [0.2, 0.25) is 10.0 Å². The fourth-order valence-electron chi connectivity index (χ4n) is 2.69. The first-order valence-electron chi connectivity index (χ1n) is 8.62. The van der Waals surface area contributed by atoms with Gasteiger partial charge in [-0.25, -0.2) is 4.79 Å². The van der Waals surface area contributed by atoms with Crippen molar-refractivity contribution < 1.29 is 24.1 Å². The molecule has 30 heavy (non-hydrogen) atoms. The van der Waals surface area contributed by atoms with E-state index in [1.165, 1.54) is 31.8 Å². The number of carboxylic acids is 1. The lowest BCUT2D eigenvalue weighted by Gasteiger charge is -2.11. The molecule has 0 amide bonds. The van der Waals surface area contributed by atoms with Crippen molar-refractivity contribution in [1.82, 2.24) is 4.98 Å². The van der Waals surface area contributed by atoms with E-state index >= 15 is 0 Å². The molecule has 6 nitrogen and oxygen atoms in total. The van der Waals surface area contributed by atoms with Gasteiger partial charge in [0.15, 0.2) is 0 Å². The number of rotatable bonds is 8. The molecule has 1 aromatic heterocycles. The van der Waals surface area contributed by atoms with Crippen molar-refractivity contribution in [3.63, 3.8) is 0 Å². The van der Waals surface area contributed by atoms with Gasteiger partial charge in [-0.1, -0.05) is 58.8 Å². The predicted molar refractivity (Wildman–Crippen MR) is 118 cm³/mol. The molecule has 1 heterocycles. The van der Waals surface area contributed by atoms with E-state index in [1.54, 1.807) is 42.5 Å². The summed E-state index contributed by atoms with van der Waals surface area (Å²) in [7, 11) is 2.91. The van der Waals surface area contributed by atoms with Gasteiger partial charge in [-0.3, -0.25) is 0 Å². The average molecular weight is 466 g/mol. The second-order valence-electron chi connectivity index (χ2n) is 5.96. The molecule has 0 aliphatic rings. The zero-order chi connectivity index (χ0) is 21.7. The first kappa shape index (κ1) is 22.0. The van der Waals surface area contributed by atoms with Crippen molar-refractivity contribution in [1.29, 1.82) is 0 Å². The summed E-state index contributed by atoms with van der Waals surface area (Å²) in [6.07, 6.45) is 1.19. The van der Waals surface area contributed by atoms with Crippen molar-refractivity contribution >= 4 is 46.1 Å². The number of aliphatic carboxylic acids is 1. The van der Waals surface area contributed by atoms with Crippen LogP contribution in [-0.2, 0) is 16.1 Å². The van der Waals surface area contributed by atoms with Gasteiger partial charge in [-0.15, -0.1) is 0 Å². The van der Waals surface area contributed by atoms with Crippen molar-refractivity contribution in [2.24, 2.45) is 0 Å². The molecule has 0 spiro atoms. The Morgan fingerprint density at radius 1 is 1.20 bits per heavy atom. The summed E-state index contributed by atoms with van der Waals surface area (Å²) in [5.74, 6) is -0.818. The molecule has 0 radical (unpaired) electrons. The highest BCUT2D eigenvalue weighted by Gasteiger charge is 2.19. The van der Waals surface area contributed by atoms with Crippen molar-refractivity contribution in [3.05, 3.63) is 69.9 Å². The van der Waals surface area contributed by atoms with E-state index in [4.69, 9.17) is 37.4 Å². The summed E-state index contributed by atoms with van der Waals surface area (Å²) in [6.45, 7) is 0.0817. The Balaban J connectivity index is 1.89. The van der Waals surface area contributed by atoms with E-state index in [1.807, 2.05) is 0 Å². The molecular weight excluding hydrogens is 449 g/mol. The van der Waals surface area contributed by atoms with Gasteiger partial charge in [0.25, 0.3) is 5.88 Å². The van der Waals surface area contributed by atoms with Crippen LogP contribution in [0.3, 0.4) is 0 Å². The highest BCUT2D eigenvalue weighted by atomic mass is 35.5. The normalized spacial score (nSPS) is 11.3. The SMILES string of the molecule is CO/C=C(/C(=O)O)c1ccccc1COc1nc(-c2ccc(Cl)cc2Cl)sc1OC. The Kier molecular flexibility index (Phi) is 7.20. The Hall–Kier alpha value is -2.74. The summed E-state index contributed by atoms with van der Waals surface area (Å²) in [5, 5.41) is 11.6. The van der Waals surface area contributed by atoms with Crippen LogP contribution in [0.4, 0.5) is 0 Å². The molecule has 9 heteroatoms. The Morgan fingerprint density at radius 2 is 1.97 bits per heavy atom. The second kappa shape index (κ2) is 9.84. The summed E-state index contributed by atoms with van der Waals surface area (Å²) < 4.78 is 16.2. The van der Waals surface area contributed by atoms with Crippen LogP contribution in [0.1, 0.15) is 11.1 Å². The monoisotopic (exact) mass is 465 g/mol. The van der Waals surface area contributed by atoms with E-state index in [0.717, 1.165) is 0 Å². The summed E-state index contributed by atoms with van der Waals surface area (Å²) in [6, 6.07) is 12.1. The third-order valence-electron chi connectivity index (χ3n) is 4.05. The van der Waals surface area contributed by atoms with Gasteiger partial charge < -0.3 is 19.3 Å². The number of hydrogen-bond acceptors (Lipinski definition) is 6. The van der Waals surface area contributed by atoms with E-state index in [-0.39, 0.29) is 18.1 Å². The molecule has 2 aromatic carbocycles. The largest absolute Gasteiger partial charge is 0.503 e. The van der Waals surface area contributed by atoms with Gasteiger partial charge in [0.05, 0.1) is 25.5 Å². The maximum absolute atomic E-state index is 11.6. The molecule has 156 valence electrons. The smallest absolute Gasteiger partial charge is 0.339 e. The van der Waals surface area contributed by atoms with Gasteiger partial charge in [0.2, 0.25) is 5.06 Å². The lowest BCUT2D eigenvalue weighted by molar-refractivity contribution is -0.130. The first-order valence-corrected chi connectivity index (χ1v) is 10.2. The van der Waals surface area contributed by atoms with Crippen LogP contribution >= 0.6 is 34.5 Å². The lowest BCUT2D eigenvalue weighted by Crippen LogP contribution is -2.06. The van der Waals surface area contributed by atoms with E-state index in [9.17, 15) is 9.90 Å². The molecule has 0 aliphatic heterocycles.